The Morgan fingerprint density at radius 3 is 2.62 bits per heavy atom. The van der Waals surface area contributed by atoms with Gasteiger partial charge in [0.05, 0.1) is 18.7 Å². The third kappa shape index (κ3) is 2.89. The maximum atomic E-state index is 13.6. The molecule has 1 N–H and O–H groups in total. The van der Waals surface area contributed by atoms with Crippen LogP contribution in [0.1, 0.15) is 5.69 Å². The van der Waals surface area contributed by atoms with Crippen LogP contribution in [0.5, 0.6) is 5.75 Å². The van der Waals surface area contributed by atoms with E-state index in [1.165, 1.54) is 31.4 Å². The van der Waals surface area contributed by atoms with E-state index in [0.717, 1.165) is 4.68 Å². The summed E-state index contributed by atoms with van der Waals surface area (Å²) in [4.78, 5) is 15.5. The molecule has 8 heteroatoms. The maximum absolute atomic E-state index is 13.6. The standard InChI is InChI=1S/C16H12FN3O4/c1-23-11-8-6-10(7-9-11)20-14(16(22)24-19-20)15(21)18-13-5-3-2-4-12(13)17/h2-9H,1H3,(H-,18,19,21,22). The maximum Gasteiger partial charge on any atom is 0.436 e. The van der Waals surface area contributed by atoms with Crippen molar-refractivity contribution in [3.05, 3.63) is 70.5 Å². The van der Waals surface area contributed by atoms with Gasteiger partial charge in [-0.2, -0.15) is 0 Å². The summed E-state index contributed by atoms with van der Waals surface area (Å²) < 4.78 is 24.5. The number of nitrogens with zero attached hydrogens (tertiary/aromatic N) is 2. The lowest BCUT2D eigenvalue weighted by molar-refractivity contribution is -0.673. The van der Waals surface area contributed by atoms with Crippen molar-refractivity contribution in [2.45, 2.75) is 0 Å². The SMILES string of the molecule is COc1ccc(-[n+]2[nH]oc(=O)c2C([O-])=Nc2ccccc2F)cc1. The molecule has 0 saturated carbocycles. The number of aromatic nitrogens is 2. The highest BCUT2D eigenvalue weighted by molar-refractivity contribution is 5.88. The molecule has 0 radical (unpaired) electrons. The first-order chi connectivity index (χ1) is 11.6. The average molecular weight is 329 g/mol. The number of ether oxygens (including phenoxy) is 1. The zero-order valence-corrected chi connectivity index (χ0v) is 12.5. The summed E-state index contributed by atoms with van der Waals surface area (Å²) >= 11 is 0. The van der Waals surface area contributed by atoms with Gasteiger partial charge >= 0.3 is 11.3 Å². The summed E-state index contributed by atoms with van der Waals surface area (Å²) in [5.41, 5.74) is -0.988. The molecule has 24 heavy (non-hydrogen) atoms. The van der Waals surface area contributed by atoms with E-state index in [-0.39, 0.29) is 11.4 Å². The largest absolute Gasteiger partial charge is 0.854 e. The number of benzene rings is 2. The molecule has 0 aliphatic carbocycles. The second kappa shape index (κ2) is 6.37. The zero-order chi connectivity index (χ0) is 17.1. The van der Waals surface area contributed by atoms with Crippen molar-refractivity contribution in [3.63, 3.8) is 0 Å². The van der Waals surface area contributed by atoms with Gasteiger partial charge in [-0.15, -0.1) is 0 Å². The highest BCUT2D eigenvalue weighted by atomic mass is 19.1. The number of H-pyrrole nitrogens is 1. The normalized spacial score (nSPS) is 11.5. The summed E-state index contributed by atoms with van der Waals surface area (Å²) in [5, 5.41) is 14.6. The van der Waals surface area contributed by atoms with E-state index >= 15 is 0 Å². The molecule has 3 rings (SSSR count). The molecule has 0 spiro atoms. The van der Waals surface area contributed by atoms with Gasteiger partial charge in [0.1, 0.15) is 11.6 Å². The number of methoxy groups -OCH3 is 1. The van der Waals surface area contributed by atoms with Gasteiger partial charge in [0.15, 0.2) is 0 Å². The lowest BCUT2D eigenvalue weighted by Crippen LogP contribution is -2.44. The Labute approximate surface area is 135 Å². The van der Waals surface area contributed by atoms with Crippen LogP contribution in [0.3, 0.4) is 0 Å². The van der Waals surface area contributed by atoms with Crippen LogP contribution in [-0.2, 0) is 0 Å². The number of halogens is 1. The van der Waals surface area contributed by atoms with Crippen molar-refractivity contribution in [2.75, 3.05) is 7.11 Å². The lowest BCUT2D eigenvalue weighted by Gasteiger charge is -2.05. The number of aromatic amines is 1. The Bertz CT molecular complexity index is 944. The summed E-state index contributed by atoms with van der Waals surface area (Å²) in [5.74, 6) is -0.984. The predicted octanol–water partition coefficient (Wildman–Crippen LogP) is 0.831. The third-order valence-corrected chi connectivity index (χ3v) is 3.25. The van der Waals surface area contributed by atoms with Crippen LogP contribution in [0.2, 0.25) is 0 Å². The molecule has 0 bridgehead atoms. The number of nitrogens with one attached hydrogen (secondary N) is 1. The Hall–Kier alpha value is -3.42. The predicted molar refractivity (Wildman–Crippen MR) is 80.0 cm³/mol. The molecule has 0 aliphatic heterocycles. The summed E-state index contributed by atoms with van der Waals surface area (Å²) in [6, 6.07) is 12.0. The van der Waals surface area contributed by atoms with E-state index < -0.39 is 17.3 Å². The highest BCUT2D eigenvalue weighted by Crippen LogP contribution is 2.16. The van der Waals surface area contributed by atoms with Gasteiger partial charge in [0.2, 0.25) is 5.69 Å². The van der Waals surface area contributed by atoms with Gasteiger partial charge < -0.3 is 9.84 Å². The van der Waals surface area contributed by atoms with Crippen LogP contribution in [0.15, 0.2) is 62.8 Å². The van der Waals surface area contributed by atoms with Gasteiger partial charge in [0, 0.05) is 12.1 Å². The molecule has 7 nitrogen and oxygen atoms in total. The van der Waals surface area contributed by atoms with E-state index in [1.807, 2.05) is 0 Å². The topological polar surface area (TPSA) is 94.5 Å². The molecule has 0 fully saturated rings. The Kier molecular flexibility index (Phi) is 4.11. The molecular weight excluding hydrogens is 317 g/mol. The van der Waals surface area contributed by atoms with E-state index in [0.29, 0.717) is 11.4 Å². The quantitative estimate of drug-likeness (QED) is 0.436. The molecule has 0 unspecified atom stereocenters. The fourth-order valence-corrected chi connectivity index (χ4v) is 2.07. The van der Waals surface area contributed by atoms with Crippen molar-refractivity contribution in [1.29, 1.82) is 0 Å². The van der Waals surface area contributed by atoms with E-state index in [4.69, 9.17) is 4.74 Å². The minimum atomic E-state index is -0.925. The first-order valence-electron chi connectivity index (χ1n) is 6.88. The van der Waals surface area contributed by atoms with Crippen LogP contribution >= 0.6 is 0 Å². The fraction of sp³-hybridized carbons (Fsp3) is 0.0625. The molecule has 0 amide bonds. The third-order valence-electron chi connectivity index (χ3n) is 3.25. The molecule has 1 heterocycles. The van der Waals surface area contributed by atoms with Gasteiger partial charge in [-0.3, -0.25) is 9.52 Å². The van der Waals surface area contributed by atoms with Crippen molar-refractivity contribution in [1.82, 2.24) is 5.27 Å². The van der Waals surface area contributed by atoms with Crippen molar-refractivity contribution < 1.29 is 23.4 Å². The lowest BCUT2D eigenvalue weighted by atomic mass is 10.3. The number of hydrogen-bond acceptors (Lipinski definition) is 5. The molecule has 0 aliphatic rings. The van der Waals surface area contributed by atoms with Crippen LogP contribution in [0.25, 0.3) is 5.69 Å². The monoisotopic (exact) mass is 329 g/mol. The second-order valence-electron chi connectivity index (χ2n) is 4.73. The Morgan fingerprint density at radius 1 is 1.25 bits per heavy atom. The smallest absolute Gasteiger partial charge is 0.436 e. The second-order valence-corrected chi connectivity index (χ2v) is 4.73. The van der Waals surface area contributed by atoms with E-state index in [2.05, 4.69) is 14.8 Å². The minimum Gasteiger partial charge on any atom is -0.854 e. The van der Waals surface area contributed by atoms with Crippen LogP contribution in [0.4, 0.5) is 10.1 Å². The van der Waals surface area contributed by atoms with Crippen molar-refractivity contribution >= 4 is 11.6 Å². The average Bonchev–Trinajstić information content (AvgIpc) is 2.98. The number of para-hydroxylation sites is 1. The van der Waals surface area contributed by atoms with Gasteiger partial charge in [-0.1, -0.05) is 12.1 Å². The van der Waals surface area contributed by atoms with Gasteiger partial charge in [-0.05, 0) is 34.2 Å². The Balaban J connectivity index is 2.07. The Morgan fingerprint density at radius 2 is 1.96 bits per heavy atom. The van der Waals surface area contributed by atoms with Crippen molar-refractivity contribution in [3.8, 4) is 11.4 Å². The molecular formula is C16H12FN3O4. The fourth-order valence-electron chi connectivity index (χ4n) is 2.07. The number of hydrogen-bond donors (Lipinski definition) is 1. The minimum absolute atomic E-state index is 0.163. The molecule has 122 valence electrons. The van der Waals surface area contributed by atoms with Gasteiger partial charge in [0.25, 0.3) is 0 Å². The van der Waals surface area contributed by atoms with Crippen LogP contribution in [-0.4, -0.2) is 18.3 Å². The van der Waals surface area contributed by atoms with Crippen molar-refractivity contribution in [2.24, 2.45) is 4.99 Å². The molecule has 0 atom stereocenters. The first kappa shape index (κ1) is 15.5. The summed E-state index contributed by atoms with van der Waals surface area (Å²) in [6.07, 6.45) is 0. The summed E-state index contributed by atoms with van der Waals surface area (Å²) in [6.45, 7) is 0. The first-order valence-corrected chi connectivity index (χ1v) is 6.88. The van der Waals surface area contributed by atoms with E-state index in [9.17, 15) is 14.3 Å². The van der Waals surface area contributed by atoms with Crippen LogP contribution < -0.4 is 20.2 Å². The number of aliphatic imine (C=N–C) groups is 1. The molecule has 3 aromatic rings. The molecule has 1 aromatic heterocycles. The zero-order valence-electron chi connectivity index (χ0n) is 12.5. The highest BCUT2D eigenvalue weighted by Gasteiger charge is 2.24. The van der Waals surface area contributed by atoms with E-state index in [1.54, 1.807) is 24.3 Å². The molecule has 2 aromatic carbocycles. The molecule has 0 saturated heterocycles. The summed E-state index contributed by atoms with van der Waals surface area (Å²) in [7, 11) is 1.52. The number of rotatable bonds is 4. The van der Waals surface area contributed by atoms with Crippen LogP contribution in [0, 0.1) is 5.82 Å². The van der Waals surface area contributed by atoms with Gasteiger partial charge in [-0.25, -0.2) is 9.18 Å².